The molecule has 0 fully saturated rings. The van der Waals surface area contributed by atoms with Crippen LogP contribution in [-0.4, -0.2) is 38.5 Å². The molecule has 1 aromatic heterocycles. The van der Waals surface area contributed by atoms with E-state index >= 15 is 0 Å². The van der Waals surface area contributed by atoms with E-state index in [0.29, 0.717) is 6.61 Å². The van der Waals surface area contributed by atoms with Crippen LogP contribution in [0.4, 0.5) is 0 Å². The van der Waals surface area contributed by atoms with Crippen LogP contribution in [0.15, 0.2) is 21.6 Å². The van der Waals surface area contributed by atoms with Crippen molar-refractivity contribution in [2.45, 2.75) is 12.0 Å². The van der Waals surface area contributed by atoms with Gasteiger partial charge in [0.1, 0.15) is 0 Å². The van der Waals surface area contributed by atoms with E-state index in [4.69, 9.17) is 14.3 Å². The van der Waals surface area contributed by atoms with E-state index in [1.165, 1.54) is 0 Å². The van der Waals surface area contributed by atoms with E-state index < -0.39 is 21.6 Å². The van der Waals surface area contributed by atoms with E-state index in [2.05, 4.69) is 0 Å². The first-order valence-corrected chi connectivity index (χ1v) is 6.26. The fourth-order valence-corrected chi connectivity index (χ4v) is 2.05. The lowest BCUT2D eigenvalue weighted by atomic mass is 10.5. The molecular weight excluding hydrogens is 236 g/mol. The lowest BCUT2D eigenvalue weighted by Crippen LogP contribution is -2.11. The quantitative estimate of drug-likeness (QED) is 0.748. The molecule has 0 saturated carbocycles. The predicted octanol–water partition coefficient (Wildman–Crippen LogP) is 0.788. The molecule has 0 aliphatic heterocycles. The molecule has 0 bridgehead atoms. The van der Waals surface area contributed by atoms with Crippen LogP contribution in [0, 0.1) is 0 Å². The summed E-state index contributed by atoms with van der Waals surface area (Å²) in [5.41, 5.74) is 0. The molecule has 6 nitrogen and oxygen atoms in total. The molecule has 1 rings (SSSR count). The number of ether oxygens (including phenoxy) is 1. The van der Waals surface area contributed by atoms with Crippen LogP contribution in [0.25, 0.3) is 0 Å². The molecule has 7 heteroatoms. The summed E-state index contributed by atoms with van der Waals surface area (Å²) in [6.45, 7) is 2.23. The van der Waals surface area contributed by atoms with Crippen molar-refractivity contribution < 1.29 is 27.5 Å². The molecule has 0 unspecified atom stereocenters. The minimum Gasteiger partial charge on any atom is -0.475 e. The van der Waals surface area contributed by atoms with E-state index in [1.807, 2.05) is 0 Å². The van der Waals surface area contributed by atoms with Crippen LogP contribution < -0.4 is 0 Å². The summed E-state index contributed by atoms with van der Waals surface area (Å²) in [6.07, 6.45) is 0. The van der Waals surface area contributed by atoms with Crippen molar-refractivity contribution in [3.8, 4) is 0 Å². The predicted molar refractivity (Wildman–Crippen MR) is 54.2 cm³/mol. The average Bonchev–Trinajstić information content (AvgIpc) is 2.67. The molecule has 1 heterocycles. The van der Waals surface area contributed by atoms with Gasteiger partial charge in [-0.1, -0.05) is 0 Å². The van der Waals surface area contributed by atoms with Crippen molar-refractivity contribution in [3.63, 3.8) is 0 Å². The number of sulfone groups is 1. The maximum atomic E-state index is 11.6. The normalized spacial score (nSPS) is 11.6. The summed E-state index contributed by atoms with van der Waals surface area (Å²) in [5.74, 6) is -1.92. The number of hydrogen-bond acceptors (Lipinski definition) is 5. The second-order valence-electron chi connectivity index (χ2n) is 2.94. The number of carbonyl (C=O) groups is 1. The molecule has 90 valence electrons. The highest BCUT2D eigenvalue weighted by Gasteiger charge is 2.20. The highest BCUT2D eigenvalue weighted by Crippen LogP contribution is 2.15. The number of aromatic carboxylic acids is 1. The van der Waals surface area contributed by atoms with Gasteiger partial charge >= 0.3 is 5.97 Å². The van der Waals surface area contributed by atoms with Gasteiger partial charge in [-0.2, -0.15) is 0 Å². The third-order valence-corrected chi connectivity index (χ3v) is 3.34. The second kappa shape index (κ2) is 5.13. The molecule has 0 spiro atoms. The van der Waals surface area contributed by atoms with Gasteiger partial charge in [0.2, 0.25) is 20.7 Å². The number of rotatable bonds is 6. The van der Waals surface area contributed by atoms with Crippen LogP contribution >= 0.6 is 0 Å². The highest BCUT2D eigenvalue weighted by atomic mass is 32.2. The van der Waals surface area contributed by atoms with Crippen molar-refractivity contribution >= 4 is 15.8 Å². The Kier molecular flexibility index (Phi) is 4.08. The fourth-order valence-electron chi connectivity index (χ4n) is 1.02. The lowest BCUT2D eigenvalue weighted by molar-refractivity contribution is 0.0656. The summed E-state index contributed by atoms with van der Waals surface area (Å²) >= 11 is 0. The van der Waals surface area contributed by atoms with Gasteiger partial charge in [0.05, 0.1) is 12.4 Å². The standard InChI is InChI=1S/C9H12O6S/c1-2-14-5-6-16(12,13)8-4-3-7(15-8)9(10)11/h3-4H,2,5-6H2,1H3,(H,10,11). The van der Waals surface area contributed by atoms with E-state index in [0.717, 1.165) is 12.1 Å². The van der Waals surface area contributed by atoms with Gasteiger partial charge in [0.15, 0.2) is 0 Å². The van der Waals surface area contributed by atoms with E-state index in [-0.39, 0.29) is 17.5 Å². The molecule has 16 heavy (non-hydrogen) atoms. The maximum absolute atomic E-state index is 11.6. The van der Waals surface area contributed by atoms with Gasteiger partial charge in [-0.25, -0.2) is 13.2 Å². The Hall–Kier alpha value is -1.34. The molecule has 1 aromatic rings. The largest absolute Gasteiger partial charge is 0.475 e. The Balaban J connectivity index is 2.78. The third-order valence-electron chi connectivity index (χ3n) is 1.80. The zero-order chi connectivity index (χ0) is 12.2. The summed E-state index contributed by atoms with van der Waals surface area (Å²) in [6, 6.07) is 2.24. The first-order chi connectivity index (χ1) is 7.47. The third kappa shape index (κ3) is 3.07. The second-order valence-corrected chi connectivity index (χ2v) is 4.98. The SMILES string of the molecule is CCOCCS(=O)(=O)c1ccc(C(=O)O)o1. The van der Waals surface area contributed by atoms with Crippen molar-refractivity contribution in [2.75, 3.05) is 19.0 Å². The van der Waals surface area contributed by atoms with Crippen molar-refractivity contribution in [1.29, 1.82) is 0 Å². The zero-order valence-electron chi connectivity index (χ0n) is 8.67. The van der Waals surface area contributed by atoms with E-state index in [9.17, 15) is 13.2 Å². The van der Waals surface area contributed by atoms with Crippen LogP contribution in [0.1, 0.15) is 17.5 Å². The van der Waals surface area contributed by atoms with Gasteiger partial charge in [-0.05, 0) is 19.1 Å². The monoisotopic (exact) mass is 248 g/mol. The topological polar surface area (TPSA) is 93.8 Å². The Bertz CT molecular complexity index is 458. The van der Waals surface area contributed by atoms with Gasteiger partial charge in [0, 0.05) is 6.61 Å². The Morgan fingerprint density at radius 2 is 2.19 bits per heavy atom. The summed E-state index contributed by atoms with van der Waals surface area (Å²) in [5, 5.41) is 8.22. The average molecular weight is 248 g/mol. The molecule has 0 aromatic carbocycles. The summed E-state index contributed by atoms with van der Waals surface area (Å²) in [4.78, 5) is 10.5. The number of furan rings is 1. The fraction of sp³-hybridized carbons (Fsp3) is 0.444. The molecule has 0 saturated heterocycles. The van der Waals surface area contributed by atoms with Gasteiger partial charge < -0.3 is 14.3 Å². The molecule has 0 amide bonds. The maximum Gasteiger partial charge on any atom is 0.371 e. The Labute approximate surface area is 92.7 Å². The Morgan fingerprint density at radius 1 is 1.50 bits per heavy atom. The molecular formula is C9H12O6S. The molecule has 1 N–H and O–H groups in total. The van der Waals surface area contributed by atoms with Crippen molar-refractivity contribution in [3.05, 3.63) is 17.9 Å². The number of carboxylic acids is 1. The van der Waals surface area contributed by atoms with Crippen molar-refractivity contribution in [2.24, 2.45) is 0 Å². The molecule has 0 aliphatic rings. The molecule has 0 atom stereocenters. The Morgan fingerprint density at radius 3 is 2.69 bits per heavy atom. The summed E-state index contributed by atoms with van der Waals surface area (Å²) in [7, 11) is -3.60. The number of carboxylic acid groups (broad SMARTS) is 1. The van der Waals surface area contributed by atoms with Crippen LogP contribution in [0.5, 0.6) is 0 Å². The van der Waals surface area contributed by atoms with Crippen molar-refractivity contribution in [1.82, 2.24) is 0 Å². The minimum atomic E-state index is -3.60. The van der Waals surface area contributed by atoms with Gasteiger partial charge in [-0.3, -0.25) is 0 Å². The van der Waals surface area contributed by atoms with Crippen LogP contribution in [0.2, 0.25) is 0 Å². The smallest absolute Gasteiger partial charge is 0.371 e. The first-order valence-electron chi connectivity index (χ1n) is 4.61. The minimum absolute atomic E-state index is 0.0575. The van der Waals surface area contributed by atoms with Crippen LogP contribution in [-0.2, 0) is 14.6 Å². The van der Waals surface area contributed by atoms with Gasteiger partial charge in [0.25, 0.3) is 0 Å². The van der Waals surface area contributed by atoms with Gasteiger partial charge in [-0.15, -0.1) is 0 Å². The zero-order valence-corrected chi connectivity index (χ0v) is 9.49. The molecule has 0 aliphatic carbocycles. The summed E-state index contributed by atoms with van der Waals surface area (Å²) < 4.78 is 32.8. The number of hydrogen-bond donors (Lipinski definition) is 1. The molecule has 0 radical (unpaired) electrons. The van der Waals surface area contributed by atoms with E-state index in [1.54, 1.807) is 6.92 Å². The first kappa shape index (κ1) is 12.7. The highest BCUT2D eigenvalue weighted by molar-refractivity contribution is 7.91. The lowest BCUT2D eigenvalue weighted by Gasteiger charge is -2.00. The van der Waals surface area contributed by atoms with Crippen LogP contribution in [0.3, 0.4) is 0 Å².